The maximum Gasteiger partial charge on any atom is 0.243 e. The fourth-order valence-corrected chi connectivity index (χ4v) is 5.28. The van der Waals surface area contributed by atoms with Crippen molar-refractivity contribution in [1.82, 2.24) is 4.72 Å². The lowest BCUT2D eigenvalue weighted by atomic mass is 9.95. The zero-order valence-electron chi connectivity index (χ0n) is 10.2. The van der Waals surface area contributed by atoms with Gasteiger partial charge in [-0.1, -0.05) is 37.0 Å². The molecule has 1 rings (SSSR count). The van der Waals surface area contributed by atoms with Gasteiger partial charge in [0.2, 0.25) is 10.0 Å². The summed E-state index contributed by atoms with van der Waals surface area (Å²) in [5.74, 6) is 0. The van der Waals surface area contributed by atoms with E-state index in [-0.39, 0.29) is 15.8 Å². The first-order valence-corrected chi connectivity index (χ1v) is 8.54. The molecule has 0 aliphatic rings. The molecular formula is C10H16Cl2N2O2S2. The summed E-state index contributed by atoms with van der Waals surface area (Å²) in [4.78, 5) is 0.0129. The predicted octanol–water partition coefficient (Wildman–Crippen LogP) is 2.85. The lowest BCUT2D eigenvalue weighted by Gasteiger charge is -2.30. The minimum absolute atomic E-state index is 0.0129. The molecular weight excluding hydrogens is 315 g/mol. The molecule has 0 unspecified atom stereocenters. The van der Waals surface area contributed by atoms with Crippen molar-refractivity contribution in [3.8, 4) is 0 Å². The molecule has 0 aromatic carbocycles. The summed E-state index contributed by atoms with van der Waals surface area (Å²) in [6, 6.07) is 1.35. The van der Waals surface area contributed by atoms with Gasteiger partial charge in [-0.2, -0.15) is 0 Å². The van der Waals surface area contributed by atoms with Gasteiger partial charge in [-0.3, -0.25) is 0 Å². The lowest BCUT2D eigenvalue weighted by Crippen LogP contribution is -2.52. The summed E-state index contributed by atoms with van der Waals surface area (Å²) < 4.78 is 27.6. The summed E-state index contributed by atoms with van der Waals surface area (Å²) >= 11 is 12.7. The van der Waals surface area contributed by atoms with Crippen LogP contribution in [0.4, 0.5) is 0 Å². The number of sulfonamides is 1. The quantitative estimate of drug-likeness (QED) is 0.842. The Kier molecular flexibility index (Phi) is 5.46. The van der Waals surface area contributed by atoms with Crippen molar-refractivity contribution in [3.63, 3.8) is 0 Å². The Morgan fingerprint density at radius 2 is 1.94 bits per heavy atom. The van der Waals surface area contributed by atoms with Gasteiger partial charge < -0.3 is 5.73 Å². The molecule has 0 amide bonds. The van der Waals surface area contributed by atoms with E-state index >= 15 is 0 Å². The standard InChI is InChI=1S/C10H16Cl2N2O2S2/c1-3-10(4-2,6-13)14-18(15,16)7-5-8(11)17-9(7)12/h5,14H,3-4,6,13H2,1-2H3. The minimum atomic E-state index is -3.70. The summed E-state index contributed by atoms with van der Waals surface area (Å²) in [6.45, 7) is 4.01. The Morgan fingerprint density at radius 1 is 1.39 bits per heavy atom. The summed E-state index contributed by atoms with van der Waals surface area (Å²) in [7, 11) is -3.70. The van der Waals surface area contributed by atoms with E-state index in [9.17, 15) is 8.42 Å². The van der Waals surface area contributed by atoms with E-state index in [1.807, 2.05) is 13.8 Å². The van der Waals surface area contributed by atoms with Gasteiger partial charge in [-0.05, 0) is 18.9 Å². The fraction of sp³-hybridized carbons (Fsp3) is 0.600. The molecule has 0 atom stereocenters. The van der Waals surface area contributed by atoms with Crippen LogP contribution in [0.5, 0.6) is 0 Å². The van der Waals surface area contributed by atoms with Crippen LogP contribution in [0.3, 0.4) is 0 Å². The molecule has 0 fully saturated rings. The average Bonchev–Trinajstić information content (AvgIpc) is 2.66. The molecule has 1 aromatic rings. The lowest BCUT2D eigenvalue weighted by molar-refractivity contribution is 0.363. The van der Waals surface area contributed by atoms with Crippen molar-refractivity contribution in [2.24, 2.45) is 5.73 Å². The van der Waals surface area contributed by atoms with Gasteiger partial charge in [0.1, 0.15) is 9.23 Å². The molecule has 0 aliphatic carbocycles. The molecule has 0 saturated heterocycles. The number of hydrogen-bond donors (Lipinski definition) is 2. The number of hydrogen-bond acceptors (Lipinski definition) is 4. The Morgan fingerprint density at radius 3 is 2.28 bits per heavy atom. The number of nitrogens with one attached hydrogen (secondary N) is 1. The molecule has 0 aliphatic heterocycles. The van der Waals surface area contributed by atoms with E-state index < -0.39 is 15.6 Å². The van der Waals surface area contributed by atoms with Gasteiger partial charge >= 0.3 is 0 Å². The zero-order valence-corrected chi connectivity index (χ0v) is 13.3. The van der Waals surface area contributed by atoms with Gasteiger partial charge in [0, 0.05) is 12.1 Å². The predicted molar refractivity (Wildman–Crippen MR) is 77.0 cm³/mol. The van der Waals surface area contributed by atoms with E-state index in [0.29, 0.717) is 17.2 Å². The number of nitrogens with two attached hydrogens (primary N) is 1. The van der Waals surface area contributed by atoms with Crippen LogP contribution in [0.15, 0.2) is 11.0 Å². The largest absolute Gasteiger partial charge is 0.329 e. The van der Waals surface area contributed by atoms with Crippen LogP contribution >= 0.6 is 34.5 Å². The van der Waals surface area contributed by atoms with Crippen molar-refractivity contribution in [2.75, 3.05) is 6.54 Å². The molecule has 0 spiro atoms. The van der Waals surface area contributed by atoms with Gasteiger partial charge in [0.25, 0.3) is 0 Å². The molecule has 3 N–H and O–H groups in total. The third-order valence-electron chi connectivity index (χ3n) is 3.01. The van der Waals surface area contributed by atoms with Crippen LogP contribution in [0.2, 0.25) is 8.67 Å². The first-order valence-electron chi connectivity index (χ1n) is 5.49. The minimum Gasteiger partial charge on any atom is -0.329 e. The summed E-state index contributed by atoms with van der Waals surface area (Å²) in [6.07, 6.45) is 1.21. The van der Waals surface area contributed by atoms with E-state index in [1.54, 1.807) is 0 Å². The fourth-order valence-electron chi connectivity index (χ4n) is 1.57. The van der Waals surface area contributed by atoms with Gasteiger partial charge in [0.05, 0.1) is 4.34 Å². The monoisotopic (exact) mass is 330 g/mol. The van der Waals surface area contributed by atoms with Crippen molar-refractivity contribution in [2.45, 2.75) is 37.1 Å². The van der Waals surface area contributed by atoms with Crippen LogP contribution < -0.4 is 10.5 Å². The molecule has 1 aromatic heterocycles. The first kappa shape index (κ1) is 16.2. The second kappa shape index (κ2) is 6.07. The molecule has 0 radical (unpaired) electrons. The molecule has 104 valence electrons. The van der Waals surface area contributed by atoms with Crippen molar-refractivity contribution in [3.05, 3.63) is 14.7 Å². The van der Waals surface area contributed by atoms with Crippen LogP contribution in [-0.2, 0) is 10.0 Å². The normalized spacial score (nSPS) is 12.9. The highest BCUT2D eigenvalue weighted by Gasteiger charge is 2.32. The maximum absolute atomic E-state index is 12.3. The third-order valence-corrected chi connectivity index (χ3v) is 6.34. The van der Waals surface area contributed by atoms with Crippen LogP contribution in [0.1, 0.15) is 26.7 Å². The van der Waals surface area contributed by atoms with Crippen LogP contribution in [0, 0.1) is 0 Å². The van der Waals surface area contributed by atoms with Gasteiger partial charge in [-0.15, -0.1) is 11.3 Å². The number of halogens is 2. The van der Waals surface area contributed by atoms with Crippen molar-refractivity contribution < 1.29 is 8.42 Å². The second-order valence-corrected chi connectivity index (χ2v) is 7.92. The Hall–Kier alpha value is 0.150. The van der Waals surface area contributed by atoms with Gasteiger partial charge in [-0.25, -0.2) is 13.1 Å². The average molecular weight is 331 g/mol. The second-order valence-electron chi connectivity index (χ2n) is 3.99. The highest BCUT2D eigenvalue weighted by atomic mass is 35.5. The number of thiophene rings is 1. The zero-order chi connectivity index (χ0) is 14.0. The SMILES string of the molecule is CCC(CC)(CN)NS(=O)(=O)c1cc(Cl)sc1Cl. The van der Waals surface area contributed by atoms with E-state index in [4.69, 9.17) is 28.9 Å². The van der Waals surface area contributed by atoms with Crippen LogP contribution in [-0.4, -0.2) is 20.5 Å². The Bertz CT molecular complexity index is 502. The Labute approximate surface area is 122 Å². The summed E-state index contributed by atoms with van der Waals surface area (Å²) in [5, 5.41) is 0. The molecule has 0 bridgehead atoms. The topological polar surface area (TPSA) is 72.2 Å². The van der Waals surface area contributed by atoms with Gasteiger partial charge in [0.15, 0.2) is 0 Å². The van der Waals surface area contributed by atoms with Crippen molar-refractivity contribution >= 4 is 44.6 Å². The highest BCUT2D eigenvalue weighted by Crippen LogP contribution is 2.34. The van der Waals surface area contributed by atoms with Crippen molar-refractivity contribution in [1.29, 1.82) is 0 Å². The molecule has 0 saturated carbocycles. The third kappa shape index (κ3) is 3.37. The first-order chi connectivity index (χ1) is 8.30. The highest BCUT2D eigenvalue weighted by molar-refractivity contribution is 7.89. The van der Waals surface area contributed by atoms with Crippen LogP contribution in [0.25, 0.3) is 0 Å². The van der Waals surface area contributed by atoms with E-state index in [0.717, 1.165) is 11.3 Å². The molecule has 8 heteroatoms. The Balaban J connectivity index is 3.12. The molecule has 4 nitrogen and oxygen atoms in total. The number of rotatable bonds is 6. The molecule has 18 heavy (non-hydrogen) atoms. The van der Waals surface area contributed by atoms with E-state index in [2.05, 4.69) is 4.72 Å². The van der Waals surface area contributed by atoms with E-state index in [1.165, 1.54) is 6.07 Å². The molecule has 1 heterocycles. The summed E-state index contributed by atoms with van der Waals surface area (Å²) in [5.41, 5.74) is 5.03. The smallest absolute Gasteiger partial charge is 0.243 e. The maximum atomic E-state index is 12.3.